The molecule has 0 saturated carbocycles. The monoisotopic (exact) mass is 351 g/mol. The van der Waals surface area contributed by atoms with Crippen LogP contribution in [0.2, 0.25) is 0 Å². The number of rotatable bonds is 7. The highest BCUT2D eigenvalue weighted by Gasteiger charge is 2.27. The number of nitrogens with one attached hydrogen (secondary N) is 3. The van der Waals surface area contributed by atoms with Crippen LogP contribution in [-0.4, -0.2) is 65.2 Å². The molecule has 1 aliphatic heterocycles. The molecule has 140 valence electrons. The van der Waals surface area contributed by atoms with Crippen molar-refractivity contribution in [3.8, 4) is 0 Å². The Morgan fingerprint density at radius 3 is 2.72 bits per heavy atom. The molecule has 1 aliphatic rings. The smallest absolute Gasteiger partial charge is 0.272 e. The first-order chi connectivity index (χ1) is 11.8. The van der Waals surface area contributed by atoms with E-state index in [2.05, 4.69) is 20.8 Å². The SMILES string of the molecule is CC(C)NC(=O)c1n[nH]c2c1CC(CNC(=O)CN(C)C(C)C)OC2. The van der Waals surface area contributed by atoms with Crippen LogP contribution in [-0.2, 0) is 22.6 Å². The molecule has 0 fully saturated rings. The summed E-state index contributed by atoms with van der Waals surface area (Å²) in [6, 6.07) is 0.361. The molecule has 0 spiro atoms. The fraction of sp³-hybridized carbons (Fsp3) is 0.706. The molecule has 25 heavy (non-hydrogen) atoms. The number of hydrogen-bond acceptors (Lipinski definition) is 5. The van der Waals surface area contributed by atoms with Gasteiger partial charge in [0.05, 0.1) is 24.9 Å². The van der Waals surface area contributed by atoms with Crippen molar-refractivity contribution in [3.63, 3.8) is 0 Å². The van der Waals surface area contributed by atoms with Gasteiger partial charge >= 0.3 is 0 Å². The Balaban J connectivity index is 1.91. The van der Waals surface area contributed by atoms with Crippen LogP contribution in [0.3, 0.4) is 0 Å². The highest BCUT2D eigenvalue weighted by atomic mass is 16.5. The van der Waals surface area contributed by atoms with Crippen LogP contribution >= 0.6 is 0 Å². The maximum atomic E-state index is 12.2. The Kier molecular flexibility index (Phi) is 6.55. The quantitative estimate of drug-likeness (QED) is 0.662. The summed E-state index contributed by atoms with van der Waals surface area (Å²) in [6.07, 6.45) is 0.386. The first kappa shape index (κ1) is 19.4. The molecule has 0 bridgehead atoms. The second-order valence-corrected chi connectivity index (χ2v) is 7.11. The zero-order valence-electron chi connectivity index (χ0n) is 15.7. The van der Waals surface area contributed by atoms with Crippen molar-refractivity contribution in [3.05, 3.63) is 17.0 Å². The van der Waals surface area contributed by atoms with Gasteiger partial charge in [0.1, 0.15) is 0 Å². The van der Waals surface area contributed by atoms with Crippen molar-refractivity contribution in [1.82, 2.24) is 25.7 Å². The third-order valence-electron chi connectivity index (χ3n) is 4.28. The second kappa shape index (κ2) is 8.44. The molecule has 0 radical (unpaired) electrons. The van der Waals surface area contributed by atoms with Crippen molar-refractivity contribution in [2.45, 2.75) is 58.9 Å². The maximum absolute atomic E-state index is 12.2. The number of carbonyl (C=O) groups is 2. The molecule has 0 aromatic carbocycles. The number of ether oxygens (including phenoxy) is 1. The van der Waals surface area contributed by atoms with E-state index in [-0.39, 0.29) is 24.0 Å². The van der Waals surface area contributed by atoms with Crippen LogP contribution < -0.4 is 10.6 Å². The van der Waals surface area contributed by atoms with Crippen LogP contribution in [0.1, 0.15) is 49.4 Å². The van der Waals surface area contributed by atoms with Gasteiger partial charge in [-0.1, -0.05) is 0 Å². The maximum Gasteiger partial charge on any atom is 0.272 e. The molecule has 2 rings (SSSR count). The number of likely N-dealkylation sites (N-methyl/N-ethyl adjacent to an activating group) is 1. The van der Waals surface area contributed by atoms with Crippen LogP contribution in [0.5, 0.6) is 0 Å². The topological polar surface area (TPSA) is 99.3 Å². The zero-order valence-corrected chi connectivity index (χ0v) is 15.7. The van der Waals surface area contributed by atoms with Crippen molar-refractivity contribution < 1.29 is 14.3 Å². The third kappa shape index (κ3) is 5.27. The van der Waals surface area contributed by atoms with Gasteiger partial charge in [-0.05, 0) is 34.7 Å². The van der Waals surface area contributed by atoms with E-state index < -0.39 is 0 Å². The average molecular weight is 351 g/mol. The summed E-state index contributed by atoms with van der Waals surface area (Å²) >= 11 is 0. The lowest BCUT2D eigenvalue weighted by molar-refractivity contribution is -0.123. The number of aromatic nitrogens is 2. The molecular formula is C17H29N5O3. The van der Waals surface area contributed by atoms with Crippen molar-refractivity contribution >= 4 is 11.8 Å². The van der Waals surface area contributed by atoms with Crippen LogP contribution in [0.25, 0.3) is 0 Å². The average Bonchev–Trinajstić information content (AvgIpc) is 2.95. The standard InChI is InChI=1S/C17H29N5O3/c1-10(2)19-17(24)16-13-6-12(25-9-14(13)20-21-16)7-18-15(23)8-22(5)11(3)4/h10-12H,6-9H2,1-5H3,(H,18,23)(H,19,24)(H,20,21). The number of nitrogens with zero attached hydrogens (tertiary/aromatic N) is 2. The molecule has 1 aromatic rings. The minimum Gasteiger partial charge on any atom is -0.370 e. The van der Waals surface area contributed by atoms with Gasteiger partial charge in [0.2, 0.25) is 5.91 Å². The van der Waals surface area contributed by atoms with Gasteiger partial charge in [-0.2, -0.15) is 5.10 Å². The summed E-state index contributed by atoms with van der Waals surface area (Å²) in [6.45, 7) is 9.04. The van der Waals surface area contributed by atoms with Crippen molar-refractivity contribution in [2.24, 2.45) is 0 Å². The zero-order chi connectivity index (χ0) is 18.6. The van der Waals surface area contributed by atoms with Gasteiger partial charge in [0.25, 0.3) is 5.91 Å². The van der Waals surface area contributed by atoms with Crippen molar-refractivity contribution in [1.29, 1.82) is 0 Å². The van der Waals surface area contributed by atoms with Crippen molar-refractivity contribution in [2.75, 3.05) is 20.1 Å². The van der Waals surface area contributed by atoms with E-state index >= 15 is 0 Å². The number of amides is 2. The molecule has 0 aliphatic carbocycles. The highest BCUT2D eigenvalue weighted by Crippen LogP contribution is 2.21. The van der Waals surface area contributed by atoms with Gasteiger partial charge < -0.3 is 15.4 Å². The van der Waals surface area contributed by atoms with E-state index in [9.17, 15) is 9.59 Å². The Labute approximate surface area is 148 Å². The lowest BCUT2D eigenvalue weighted by Gasteiger charge is -2.25. The minimum atomic E-state index is -0.184. The lowest BCUT2D eigenvalue weighted by atomic mass is 10.0. The van der Waals surface area contributed by atoms with Gasteiger partial charge in [0.15, 0.2) is 5.69 Å². The van der Waals surface area contributed by atoms with E-state index in [1.165, 1.54) is 0 Å². The molecule has 3 N–H and O–H groups in total. The number of fused-ring (bicyclic) bond motifs is 1. The molecule has 8 nitrogen and oxygen atoms in total. The molecule has 8 heteroatoms. The Hall–Kier alpha value is -1.93. The number of carbonyl (C=O) groups excluding carboxylic acids is 2. The summed E-state index contributed by atoms with van der Waals surface area (Å²) in [7, 11) is 1.92. The minimum absolute atomic E-state index is 0.0319. The predicted molar refractivity (Wildman–Crippen MR) is 94.2 cm³/mol. The second-order valence-electron chi connectivity index (χ2n) is 7.11. The van der Waals surface area contributed by atoms with E-state index in [1.54, 1.807) is 0 Å². The number of H-pyrrole nitrogens is 1. The van der Waals surface area contributed by atoms with Crippen LogP contribution in [0, 0.1) is 0 Å². The fourth-order valence-electron chi connectivity index (χ4n) is 2.57. The predicted octanol–water partition coefficient (Wildman–Crippen LogP) is 0.446. The fourth-order valence-corrected chi connectivity index (χ4v) is 2.57. The Morgan fingerprint density at radius 1 is 1.36 bits per heavy atom. The number of hydrogen-bond donors (Lipinski definition) is 3. The van der Waals surface area contributed by atoms with Gasteiger partial charge in [-0.3, -0.25) is 19.6 Å². The van der Waals surface area contributed by atoms with E-state index in [0.29, 0.717) is 37.9 Å². The molecular weight excluding hydrogens is 322 g/mol. The molecule has 2 amide bonds. The molecule has 1 unspecified atom stereocenters. The van der Waals surface area contributed by atoms with Crippen LogP contribution in [0.15, 0.2) is 0 Å². The summed E-state index contributed by atoms with van der Waals surface area (Å²) in [5.41, 5.74) is 2.13. The third-order valence-corrected chi connectivity index (χ3v) is 4.28. The Morgan fingerprint density at radius 2 is 2.08 bits per heavy atom. The molecule has 0 saturated heterocycles. The molecule has 1 atom stereocenters. The Bertz CT molecular complexity index is 611. The van der Waals surface area contributed by atoms with Gasteiger partial charge in [-0.25, -0.2) is 0 Å². The summed E-state index contributed by atoms with van der Waals surface area (Å²) in [4.78, 5) is 26.2. The largest absolute Gasteiger partial charge is 0.370 e. The summed E-state index contributed by atoms with van der Waals surface area (Å²) < 4.78 is 5.75. The molecule has 1 aromatic heterocycles. The van der Waals surface area contributed by atoms with E-state index in [0.717, 1.165) is 11.3 Å². The summed E-state index contributed by atoms with van der Waals surface area (Å²) in [5, 5.41) is 12.8. The normalized spacial score (nSPS) is 17.0. The van der Waals surface area contributed by atoms with Crippen LogP contribution in [0.4, 0.5) is 0 Å². The highest BCUT2D eigenvalue weighted by molar-refractivity contribution is 5.94. The lowest BCUT2D eigenvalue weighted by Crippen LogP contribution is -2.42. The first-order valence-electron chi connectivity index (χ1n) is 8.73. The van der Waals surface area contributed by atoms with E-state index in [1.807, 2.05) is 39.6 Å². The van der Waals surface area contributed by atoms with Gasteiger partial charge in [-0.15, -0.1) is 0 Å². The number of aromatic amines is 1. The van der Waals surface area contributed by atoms with E-state index in [4.69, 9.17) is 4.74 Å². The first-order valence-corrected chi connectivity index (χ1v) is 8.73. The molecule has 2 heterocycles. The van der Waals surface area contributed by atoms with Gasteiger partial charge in [0, 0.05) is 30.6 Å². The summed E-state index contributed by atoms with van der Waals surface area (Å²) in [5.74, 6) is -0.216.